The van der Waals surface area contributed by atoms with Gasteiger partial charge in [0.05, 0.1) is 5.75 Å². The Hall–Kier alpha value is -2.58. The van der Waals surface area contributed by atoms with Gasteiger partial charge < -0.3 is 10.2 Å². The molecule has 0 spiro atoms. The number of benzene rings is 2. The summed E-state index contributed by atoms with van der Waals surface area (Å²) in [5, 5.41) is 3.61. The lowest BCUT2D eigenvalue weighted by Crippen LogP contribution is -2.30. The molecule has 0 atom stereocenters. The molecule has 0 saturated carbocycles. The van der Waals surface area contributed by atoms with Gasteiger partial charge in [-0.3, -0.25) is 14.2 Å². The van der Waals surface area contributed by atoms with Crippen molar-refractivity contribution in [1.82, 2.24) is 14.5 Å². The molecule has 2 aromatic carbocycles. The number of hydrogen-bond donors (Lipinski definition) is 1. The van der Waals surface area contributed by atoms with Crippen molar-refractivity contribution in [3.05, 3.63) is 71.0 Å². The molecule has 3 rings (SSSR count). The van der Waals surface area contributed by atoms with Crippen LogP contribution in [0.2, 0.25) is 0 Å². The second-order valence-electron chi connectivity index (χ2n) is 6.45. The Labute approximate surface area is 188 Å². The maximum Gasteiger partial charge on any atom is 0.253 e. The van der Waals surface area contributed by atoms with E-state index in [9.17, 15) is 9.59 Å². The van der Waals surface area contributed by atoms with E-state index in [0.29, 0.717) is 24.3 Å². The molecule has 156 valence electrons. The predicted molar refractivity (Wildman–Crippen MR) is 124 cm³/mol. The number of imidazole rings is 1. The highest BCUT2D eigenvalue weighted by Gasteiger charge is 2.13. The Morgan fingerprint density at radius 3 is 2.37 bits per heavy atom. The first kappa shape index (κ1) is 22.1. The quantitative estimate of drug-likeness (QED) is 0.462. The third-order valence-corrected chi connectivity index (χ3v) is 6.01. The van der Waals surface area contributed by atoms with Gasteiger partial charge in [0.25, 0.3) is 5.91 Å². The van der Waals surface area contributed by atoms with Gasteiger partial charge in [-0.25, -0.2) is 4.98 Å². The van der Waals surface area contributed by atoms with Gasteiger partial charge in [0, 0.05) is 46.9 Å². The van der Waals surface area contributed by atoms with Crippen LogP contribution in [-0.2, 0) is 4.79 Å². The number of anilines is 1. The fourth-order valence-electron chi connectivity index (χ4n) is 2.91. The zero-order chi connectivity index (χ0) is 21.5. The highest BCUT2D eigenvalue weighted by atomic mass is 79.9. The SMILES string of the molecule is CCN(CC)C(=O)c1ccc(NC(=O)CSc2nccn2-c2ccc(Br)cc2)cc1. The Kier molecular flexibility index (Phi) is 7.70. The zero-order valence-electron chi connectivity index (χ0n) is 16.8. The number of nitrogens with one attached hydrogen (secondary N) is 1. The van der Waals surface area contributed by atoms with Crippen LogP contribution >= 0.6 is 27.7 Å². The van der Waals surface area contributed by atoms with Gasteiger partial charge >= 0.3 is 0 Å². The average Bonchev–Trinajstić information content (AvgIpc) is 3.23. The number of rotatable bonds is 8. The van der Waals surface area contributed by atoms with Gasteiger partial charge in [0.2, 0.25) is 5.91 Å². The molecule has 1 aromatic heterocycles. The lowest BCUT2D eigenvalue weighted by Gasteiger charge is -2.18. The van der Waals surface area contributed by atoms with Crippen molar-refractivity contribution in [2.45, 2.75) is 19.0 Å². The molecule has 0 aliphatic carbocycles. The number of thioether (sulfide) groups is 1. The van der Waals surface area contributed by atoms with Gasteiger partial charge in [-0.15, -0.1) is 0 Å². The Morgan fingerprint density at radius 2 is 1.73 bits per heavy atom. The van der Waals surface area contributed by atoms with Crippen molar-refractivity contribution in [1.29, 1.82) is 0 Å². The number of halogens is 1. The highest BCUT2D eigenvalue weighted by molar-refractivity contribution is 9.10. The smallest absolute Gasteiger partial charge is 0.253 e. The van der Waals surface area contributed by atoms with E-state index in [2.05, 4.69) is 26.2 Å². The number of amides is 2. The molecule has 0 fully saturated rings. The van der Waals surface area contributed by atoms with Crippen molar-refractivity contribution in [2.24, 2.45) is 0 Å². The second kappa shape index (κ2) is 10.4. The van der Waals surface area contributed by atoms with Crippen LogP contribution in [0, 0.1) is 0 Å². The van der Waals surface area contributed by atoms with Gasteiger partial charge in [-0.1, -0.05) is 27.7 Å². The fourth-order valence-corrected chi connectivity index (χ4v) is 3.95. The van der Waals surface area contributed by atoms with Crippen LogP contribution in [-0.4, -0.2) is 45.1 Å². The molecular weight excluding hydrogens is 464 g/mol. The lowest BCUT2D eigenvalue weighted by atomic mass is 10.2. The van der Waals surface area contributed by atoms with E-state index >= 15 is 0 Å². The molecule has 30 heavy (non-hydrogen) atoms. The van der Waals surface area contributed by atoms with Gasteiger partial charge in [-0.05, 0) is 62.4 Å². The minimum absolute atomic E-state index is 0.00629. The third-order valence-electron chi connectivity index (χ3n) is 4.51. The molecule has 0 aliphatic heterocycles. The highest BCUT2D eigenvalue weighted by Crippen LogP contribution is 2.22. The van der Waals surface area contributed by atoms with Crippen molar-refractivity contribution < 1.29 is 9.59 Å². The molecule has 0 unspecified atom stereocenters. The zero-order valence-corrected chi connectivity index (χ0v) is 19.2. The summed E-state index contributed by atoms with van der Waals surface area (Å²) >= 11 is 4.80. The molecule has 0 bridgehead atoms. The Balaban J connectivity index is 1.57. The van der Waals surface area contributed by atoms with E-state index < -0.39 is 0 Å². The van der Waals surface area contributed by atoms with E-state index in [1.807, 2.05) is 48.9 Å². The second-order valence-corrected chi connectivity index (χ2v) is 8.31. The van der Waals surface area contributed by atoms with Crippen molar-refractivity contribution >= 4 is 45.2 Å². The van der Waals surface area contributed by atoms with E-state index in [0.717, 1.165) is 15.3 Å². The summed E-state index contributed by atoms with van der Waals surface area (Å²) < 4.78 is 2.95. The van der Waals surface area contributed by atoms with Crippen LogP contribution < -0.4 is 5.32 Å². The lowest BCUT2D eigenvalue weighted by molar-refractivity contribution is -0.113. The molecule has 2 amide bonds. The minimum Gasteiger partial charge on any atom is -0.339 e. The molecule has 3 aromatic rings. The first-order chi connectivity index (χ1) is 14.5. The summed E-state index contributed by atoms with van der Waals surface area (Å²) in [6, 6.07) is 14.9. The maximum atomic E-state index is 12.4. The average molecular weight is 487 g/mol. The van der Waals surface area contributed by atoms with Crippen LogP contribution in [0.3, 0.4) is 0 Å². The first-order valence-corrected chi connectivity index (χ1v) is 11.4. The summed E-state index contributed by atoms with van der Waals surface area (Å²) in [6.07, 6.45) is 3.59. The maximum absolute atomic E-state index is 12.4. The topological polar surface area (TPSA) is 67.2 Å². The minimum atomic E-state index is -0.131. The number of carbonyl (C=O) groups is 2. The van der Waals surface area contributed by atoms with Crippen LogP contribution in [0.1, 0.15) is 24.2 Å². The largest absolute Gasteiger partial charge is 0.339 e. The van der Waals surface area contributed by atoms with Crippen molar-refractivity contribution in [2.75, 3.05) is 24.2 Å². The summed E-state index contributed by atoms with van der Waals surface area (Å²) in [5.74, 6) is 0.0922. The van der Waals surface area contributed by atoms with E-state index in [-0.39, 0.29) is 17.6 Å². The van der Waals surface area contributed by atoms with Gasteiger partial charge in [0.15, 0.2) is 5.16 Å². The van der Waals surface area contributed by atoms with E-state index in [1.54, 1.807) is 35.4 Å². The molecule has 0 aliphatic rings. The molecule has 6 nitrogen and oxygen atoms in total. The monoisotopic (exact) mass is 486 g/mol. The van der Waals surface area contributed by atoms with E-state index in [4.69, 9.17) is 0 Å². The summed E-state index contributed by atoms with van der Waals surface area (Å²) in [4.78, 5) is 30.8. The number of carbonyl (C=O) groups excluding carboxylic acids is 2. The van der Waals surface area contributed by atoms with Crippen LogP contribution in [0.4, 0.5) is 5.69 Å². The first-order valence-electron chi connectivity index (χ1n) is 9.63. The van der Waals surface area contributed by atoms with Crippen molar-refractivity contribution in [3.63, 3.8) is 0 Å². The molecule has 0 radical (unpaired) electrons. The summed E-state index contributed by atoms with van der Waals surface area (Å²) in [5.41, 5.74) is 2.25. The molecule has 8 heteroatoms. The number of aromatic nitrogens is 2. The van der Waals surface area contributed by atoms with Crippen LogP contribution in [0.15, 0.2) is 70.6 Å². The standard InChI is InChI=1S/C22H23BrN4O2S/c1-3-26(4-2)21(29)16-5-9-18(10-6-16)25-20(28)15-30-22-24-13-14-27(22)19-11-7-17(23)8-12-19/h5-14H,3-4,15H2,1-2H3,(H,25,28). The molecular formula is C22H23BrN4O2S. The summed E-state index contributed by atoms with van der Waals surface area (Å²) in [6.45, 7) is 5.24. The third kappa shape index (κ3) is 5.52. The normalized spacial score (nSPS) is 10.6. The summed E-state index contributed by atoms with van der Waals surface area (Å²) in [7, 11) is 0. The van der Waals surface area contributed by atoms with Gasteiger partial charge in [-0.2, -0.15) is 0 Å². The predicted octanol–water partition coefficient (Wildman–Crippen LogP) is 4.85. The molecule has 1 heterocycles. The fraction of sp³-hybridized carbons (Fsp3) is 0.227. The number of nitrogens with zero attached hydrogens (tertiary/aromatic N) is 3. The van der Waals surface area contributed by atoms with Gasteiger partial charge in [0.1, 0.15) is 0 Å². The molecule has 1 N–H and O–H groups in total. The Morgan fingerprint density at radius 1 is 1.07 bits per heavy atom. The Bertz CT molecular complexity index is 999. The van der Waals surface area contributed by atoms with Crippen LogP contribution in [0.25, 0.3) is 5.69 Å². The van der Waals surface area contributed by atoms with Crippen LogP contribution in [0.5, 0.6) is 0 Å². The molecule has 0 saturated heterocycles. The number of hydrogen-bond acceptors (Lipinski definition) is 4. The van der Waals surface area contributed by atoms with E-state index in [1.165, 1.54) is 11.8 Å². The van der Waals surface area contributed by atoms with Crippen molar-refractivity contribution in [3.8, 4) is 5.69 Å².